The Morgan fingerprint density at radius 2 is 1.72 bits per heavy atom. The third-order valence-corrected chi connectivity index (χ3v) is 6.36. The van der Waals surface area contributed by atoms with E-state index >= 15 is 0 Å². The molecule has 0 aromatic heterocycles. The number of benzene rings is 3. The van der Waals surface area contributed by atoms with E-state index in [0.717, 1.165) is 11.1 Å². The highest BCUT2D eigenvalue weighted by atomic mass is 19.1. The van der Waals surface area contributed by atoms with Crippen molar-refractivity contribution in [1.29, 1.82) is 0 Å². The van der Waals surface area contributed by atoms with Crippen LogP contribution in [-0.2, 0) is 20.9 Å². The van der Waals surface area contributed by atoms with Gasteiger partial charge >= 0.3 is 0 Å². The number of ketones is 1. The van der Waals surface area contributed by atoms with Crippen LogP contribution in [0.5, 0.6) is 5.75 Å². The number of aliphatic hydroxyl groups is 1. The summed E-state index contributed by atoms with van der Waals surface area (Å²) in [5.74, 6) is -1.66. The highest BCUT2D eigenvalue weighted by Crippen LogP contribution is 2.39. The Bertz CT molecular complexity index is 1320. The van der Waals surface area contributed by atoms with Gasteiger partial charge in [0.2, 0.25) is 0 Å². The molecular weight excluding hydrogens is 461 g/mol. The van der Waals surface area contributed by atoms with E-state index in [1.54, 1.807) is 31.2 Å². The molecule has 0 aliphatic carbocycles. The molecule has 0 spiro atoms. The van der Waals surface area contributed by atoms with Gasteiger partial charge in [-0.1, -0.05) is 36.4 Å². The minimum atomic E-state index is -0.823. The lowest BCUT2D eigenvalue weighted by atomic mass is 9.94. The third-order valence-electron chi connectivity index (χ3n) is 6.36. The first kappa shape index (κ1) is 25.1. The molecule has 6 nitrogen and oxygen atoms in total. The maximum Gasteiger partial charge on any atom is 0.295 e. The zero-order chi connectivity index (χ0) is 25.8. The highest BCUT2D eigenvalue weighted by Gasteiger charge is 2.45. The van der Waals surface area contributed by atoms with Crippen LogP contribution in [0, 0.1) is 19.7 Å². The van der Waals surface area contributed by atoms with Crippen molar-refractivity contribution >= 4 is 17.4 Å². The van der Waals surface area contributed by atoms with Gasteiger partial charge in [0.05, 0.1) is 18.2 Å². The molecule has 3 aromatic carbocycles. The van der Waals surface area contributed by atoms with Crippen LogP contribution in [0.25, 0.3) is 5.76 Å². The summed E-state index contributed by atoms with van der Waals surface area (Å²) >= 11 is 0. The fraction of sp³-hybridized carbons (Fsp3) is 0.241. The lowest BCUT2D eigenvalue weighted by molar-refractivity contribution is -0.140. The number of aliphatic hydroxyl groups excluding tert-OH is 1. The van der Waals surface area contributed by atoms with Gasteiger partial charge in [-0.05, 0) is 66.4 Å². The number of likely N-dealkylation sites (tertiary alicyclic amines) is 1. The Balaban J connectivity index is 1.68. The van der Waals surface area contributed by atoms with Crippen LogP contribution in [0.2, 0.25) is 0 Å². The summed E-state index contributed by atoms with van der Waals surface area (Å²) in [6.07, 6.45) is 0. The van der Waals surface area contributed by atoms with Gasteiger partial charge in [-0.25, -0.2) is 4.39 Å². The molecule has 4 rings (SSSR count). The van der Waals surface area contributed by atoms with Gasteiger partial charge in [0.1, 0.15) is 23.9 Å². The van der Waals surface area contributed by atoms with E-state index in [1.807, 2.05) is 31.2 Å². The molecule has 3 aromatic rings. The smallest absolute Gasteiger partial charge is 0.295 e. The number of ether oxygens (including phenoxy) is 2. The van der Waals surface area contributed by atoms with Crippen molar-refractivity contribution < 1.29 is 28.6 Å². The van der Waals surface area contributed by atoms with Gasteiger partial charge in [-0.3, -0.25) is 9.59 Å². The fourth-order valence-electron chi connectivity index (χ4n) is 4.27. The second kappa shape index (κ2) is 10.7. The molecule has 1 heterocycles. The monoisotopic (exact) mass is 489 g/mol. The van der Waals surface area contributed by atoms with Crippen molar-refractivity contribution in [3.05, 3.63) is 106 Å². The molecule has 0 bridgehead atoms. The van der Waals surface area contributed by atoms with E-state index in [1.165, 1.54) is 30.2 Å². The van der Waals surface area contributed by atoms with Gasteiger partial charge in [-0.2, -0.15) is 0 Å². The Hall–Kier alpha value is -3.97. The number of rotatable bonds is 8. The molecule has 1 N–H and O–H groups in total. The van der Waals surface area contributed by atoms with Crippen LogP contribution in [0.4, 0.5) is 4.39 Å². The Morgan fingerprint density at radius 1 is 1.00 bits per heavy atom. The van der Waals surface area contributed by atoms with Crippen molar-refractivity contribution in [3.8, 4) is 5.75 Å². The summed E-state index contributed by atoms with van der Waals surface area (Å²) in [5, 5.41) is 11.1. The van der Waals surface area contributed by atoms with Crippen molar-refractivity contribution in [3.63, 3.8) is 0 Å². The SMILES string of the molecule is COCCN1C(=O)C(=O)/C(=C(\O)c2ccc(F)c(C)c2)C1c1ccc(OCc2ccccc2C)cc1. The molecule has 1 aliphatic heterocycles. The Kier molecular flexibility index (Phi) is 7.50. The lowest BCUT2D eigenvalue weighted by Gasteiger charge is -2.25. The molecular formula is C29H28FNO5. The van der Waals surface area contributed by atoms with Crippen molar-refractivity contribution in [2.24, 2.45) is 0 Å². The lowest BCUT2D eigenvalue weighted by Crippen LogP contribution is -2.32. The number of hydrogen-bond acceptors (Lipinski definition) is 5. The summed E-state index contributed by atoms with van der Waals surface area (Å²) in [6.45, 7) is 4.37. The number of nitrogens with zero attached hydrogens (tertiary/aromatic N) is 1. The first-order valence-corrected chi connectivity index (χ1v) is 11.6. The summed E-state index contributed by atoms with van der Waals surface area (Å²) in [7, 11) is 1.51. The number of carbonyl (C=O) groups excluding carboxylic acids is 2. The van der Waals surface area contributed by atoms with E-state index in [-0.39, 0.29) is 30.0 Å². The second-order valence-corrected chi connectivity index (χ2v) is 8.73. The molecule has 1 unspecified atom stereocenters. The van der Waals surface area contributed by atoms with Gasteiger partial charge in [-0.15, -0.1) is 0 Å². The van der Waals surface area contributed by atoms with Crippen LogP contribution in [-0.4, -0.2) is 42.0 Å². The molecule has 1 atom stereocenters. The summed E-state index contributed by atoms with van der Waals surface area (Å²) in [6, 6.07) is 18.3. The molecule has 7 heteroatoms. The minimum Gasteiger partial charge on any atom is -0.507 e. The maximum absolute atomic E-state index is 13.8. The normalized spacial score (nSPS) is 17.0. The molecule has 1 saturated heterocycles. The number of methoxy groups -OCH3 is 1. The summed E-state index contributed by atoms with van der Waals surface area (Å²) in [5.41, 5.74) is 3.38. The van der Waals surface area contributed by atoms with Crippen LogP contribution in [0.3, 0.4) is 0 Å². The Morgan fingerprint density at radius 3 is 2.39 bits per heavy atom. The van der Waals surface area contributed by atoms with Gasteiger partial charge in [0.25, 0.3) is 11.7 Å². The third kappa shape index (κ3) is 5.02. The average molecular weight is 490 g/mol. The molecule has 36 heavy (non-hydrogen) atoms. The topological polar surface area (TPSA) is 76.1 Å². The summed E-state index contributed by atoms with van der Waals surface area (Å²) < 4.78 is 24.9. The first-order valence-electron chi connectivity index (χ1n) is 11.6. The molecule has 0 radical (unpaired) electrons. The number of amides is 1. The van der Waals surface area contributed by atoms with E-state index in [2.05, 4.69) is 0 Å². The van der Waals surface area contributed by atoms with Crippen molar-refractivity contribution in [2.45, 2.75) is 26.5 Å². The zero-order valence-corrected chi connectivity index (χ0v) is 20.5. The number of Topliss-reactive ketones (excluding diaryl/α,β-unsaturated/α-hetero) is 1. The number of halogens is 1. The molecule has 186 valence electrons. The molecule has 1 amide bonds. The predicted molar refractivity (Wildman–Crippen MR) is 134 cm³/mol. The highest BCUT2D eigenvalue weighted by molar-refractivity contribution is 6.46. The van der Waals surface area contributed by atoms with Crippen molar-refractivity contribution in [1.82, 2.24) is 4.90 Å². The number of hydrogen-bond donors (Lipinski definition) is 1. The summed E-state index contributed by atoms with van der Waals surface area (Å²) in [4.78, 5) is 27.3. The quantitative estimate of drug-likeness (QED) is 0.271. The van der Waals surface area contributed by atoms with Crippen molar-refractivity contribution in [2.75, 3.05) is 20.3 Å². The predicted octanol–water partition coefficient (Wildman–Crippen LogP) is 5.09. The van der Waals surface area contributed by atoms with E-state index in [0.29, 0.717) is 23.5 Å². The maximum atomic E-state index is 13.8. The second-order valence-electron chi connectivity index (χ2n) is 8.73. The average Bonchev–Trinajstić information content (AvgIpc) is 3.13. The minimum absolute atomic E-state index is 0.0457. The first-order chi connectivity index (χ1) is 17.3. The molecule has 0 saturated carbocycles. The standard InChI is InChI=1S/C29H28FNO5/c1-18-6-4-5-7-22(18)17-36-23-11-8-20(9-12-23)26-25(28(33)29(34)31(26)14-15-35-3)27(32)21-10-13-24(30)19(2)16-21/h4-13,16,26,32H,14-15,17H2,1-3H3/b27-25-. The Labute approximate surface area is 209 Å². The number of carbonyl (C=O) groups is 2. The zero-order valence-electron chi connectivity index (χ0n) is 20.5. The van der Waals surface area contributed by atoms with Gasteiger partial charge in [0.15, 0.2) is 0 Å². The van der Waals surface area contributed by atoms with Gasteiger partial charge in [0, 0.05) is 19.2 Å². The van der Waals surface area contributed by atoms with E-state index < -0.39 is 23.5 Å². The van der Waals surface area contributed by atoms with E-state index in [4.69, 9.17) is 9.47 Å². The van der Waals surface area contributed by atoms with E-state index in [9.17, 15) is 19.1 Å². The van der Waals surface area contributed by atoms with Crippen LogP contribution < -0.4 is 4.74 Å². The number of aryl methyl sites for hydroxylation is 2. The fourth-order valence-corrected chi connectivity index (χ4v) is 4.27. The van der Waals surface area contributed by atoms with Gasteiger partial charge < -0.3 is 19.5 Å². The largest absolute Gasteiger partial charge is 0.507 e. The molecule has 1 aliphatic rings. The molecule has 1 fully saturated rings. The van der Waals surface area contributed by atoms with Crippen LogP contribution in [0.1, 0.15) is 33.9 Å². The van der Waals surface area contributed by atoms with Crippen LogP contribution in [0.15, 0.2) is 72.3 Å². The van der Waals surface area contributed by atoms with Crippen LogP contribution >= 0.6 is 0 Å².